The van der Waals surface area contributed by atoms with Gasteiger partial charge in [0.15, 0.2) is 5.82 Å². The van der Waals surface area contributed by atoms with Crippen LogP contribution in [0.2, 0.25) is 10.0 Å². The van der Waals surface area contributed by atoms with Crippen LogP contribution >= 0.6 is 23.2 Å². The molecule has 1 aromatic heterocycles. The molecule has 1 aromatic carbocycles. The van der Waals surface area contributed by atoms with Crippen LogP contribution in [0, 0.1) is 0 Å². The van der Waals surface area contributed by atoms with Crippen molar-refractivity contribution in [2.24, 2.45) is 12.9 Å². The maximum Gasteiger partial charge on any atom is 0.176 e. The van der Waals surface area contributed by atoms with E-state index in [9.17, 15) is 0 Å². The van der Waals surface area contributed by atoms with Gasteiger partial charge < -0.3 is 0 Å². The quantitative estimate of drug-likeness (QED) is 0.653. The van der Waals surface area contributed by atoms with E-state index in [-0.39, 0.29) is 6.04 Å². The molecular formula is C10H12Cl2N6. The lowest BCUT2D eigenvalue weighted by Crippen LogP contribution is -2.30. The minimum Gasteiger partial charge on any atom is -0.271 e. The van der Waals surface area contributed by atoms with Crippen molar-refractivity contribution in [2.75, 3.05) is 0 Å². The topological polar surface area (TPSA) is 81.7 Å². The van der Waals surface area contributed by atoms with Crippen molar-refractivity contribution in [3.05, 3.63) is 39.6 Å². The molecule has 1 heterocycles. The van der Waals surface area contributed by atoms with Crippen LogP contribution in [0.3, 0.4) is 0 Å². The van der Waals surface area contributed by atoms with E-state index in [0.29, 0.717) is 22.3 Å². The molecule has 0 aliphatic carbocycles. The number of hydrazine groups is 1. The standard InChI is InChI=1S/C10H12Cl2N6/c1-18-16-10(15-17-18)5-9(14-13)7-3-2-6(11)4-8(7)12/h2-4,9,14H,5,13H2,1H3. The molecule has 6 nitrogen and oxygen atoms in total. The number of nitrogens with two attached hydrogens (primary N) is 1. The summed E-state index contributed by atoms with van der Waals surface area (Å²) >= 11 is 12.0. The van der Waals surface area contributed by atoms with E-state index in [1.807, 2.05) is 6.07 Å². The van der Waals surface area contributed by atoms with Gasteiger partial charge in [0.25, 0.3) is 0 Å². The predicted octanol–water partition coefficient (Wildman–Crippen LogP) is 1.26. The highest BCUT2D eigenvalue weighted by Crippen LogP contribution is 2.27. The molecule has 2 rings (SSSR count). The lowest BCUT2D eigenvalue weighted by molar-refractivity contribution is 0.536. The highest BCUT2D eigenvalue weighted by Gasteiger charge is 2.16. The van der Waals surface area contributed by atoms with Crippen molar-refractivity contribution in [3.8, 4) is 0 Å². The first-order valence-electron chi connectivity index (χ1n) is 5.24. The monoisotopic (exact) mass is 286 g/mol. The molecule has 0 radical (unpaired) electrons. The number of tetrazole rings is 1. The van der Waals surface area contributed by atoms with Gasteiger partial charge in [0.05, 0.1) is 13.1 Å². The number of benzene rings is 1. The minimum absolute atomic E-state index is 0.195. The number of hydrogen-bond donors (Lipinski definition) is 2. The van der Waals surface area contributed by atoms with Crippen LogP contribution in [0.5, 0.6) is 0 Å². The Morgan fingerprint density at radius 1 is 1.44 bits per heavy atom. The van der Waals surface area contributed by atoms with E-state index in [1.165, 1.54) is 4.80 Å². The molecule has 0 spiro atoms. The highest BCUT2D eigenvalue weighted by molar-refractivity contribution is 6.35. The van der Waals surface area contributed by atoms with Gasteiger partial charge in [-0.3, -0.25) is 11.3 Å². The molecule has 1 unspecified atom stereocenters. The lowest BCUT2D eigenvalue weighted by Gasteiger charge is -2.16. The summed E-state index contributed by atoms with van der Waals surface area (Å²) in [6.45, 7) is 0. The Morgan fingerprint density at radius 3 is 2.78 bits per heavy atom. The fourth-order valence-electron chi connectivity index (χ4n) is 1.63. The number of rotatable bonds is 4. The molecule has 0 aliphatic rings. The maximum absolute atomic E-state index is 6.13. The summed E-state index contributed by atoms with van der Waals surface area (Å²) in [6.07, 6.45) is 0.492. The number of halogens is 2. The van der Waals surface area contributed by atoms with Gasteiger partial charge in [-0.2, -0.15) is 4.80 Å². The van der Waals surface area contributed by atoms with Crippen LogP contribution in [0.4, 0.5) is 0 Å². The Hall–Kier alpha value is -1.21. The van der Waals surface area contributed by atoms with E-state index in [4.69, 9.17) is 29.0 Å². The molecule has 0 amide bonds. The van der Waals surface area contributed by atoms with E-state index in [0.717, 1.165) is 5.56 Å². The second-order valence-electron chi connectivity index (χ2n) is 3.78. The first kappa shape index (κ1) is 13.2. The van der Waals surface area contributed by atoms with Crippen LogP contribution in [-0.4, -0.2) is 20.2 Å². The molecule has 8 heteroatoms. The van der Waals surface area contributed by atoms with E-state index in [2.05, 4.69) is 20.8 Å². The van der Waals surface area contributed by atoms with Crippen molar-refractivity contribution < 1.29 is 0 Å². The van der Waals surface area contributed by atoms with Crippen LogP contribution in [-0.2, 0) is 13.5 Å². The molecule has 96 valence electrons. The highest BCUT2D eigenvalue weighted by atomic mass is 35.5. The summed E-state index contributed by atoms with van der Waals surface area (Å²) in [5.41, 5.74) is 3.54. The number of aromatic nitrogens is 4. The van der Waals surface area contributed by atoms with Gasteiger partial charge in [0.1, 0.15) is 0 Å². The Morgan fingerprint density at radius 2 is 2.22 bits per heavy atom. The molecule has 0 saturated carbocycles. The van der Waals surface area contributed by atoms with Crippen molar-refractivity contribution >= 4 is 23.2 Å². The minimum atomic E-state index is -0.195. The third-order valence-electron chi connectivity index (χ3n) is 2.48. The number of hydrogen-bond acceptors (Lipinski definition) is 5. The fraction of sp³-hybridized carbons (Fsp3) is 0.300. The maximum atomic E-state index is 6.13. The number of nitrogens with zero attached hydrogens (tertiary/aromatic N) is 4. The van der Waals surface area contributed by atoms with Gasteiger partial charge in [-0.05, 0) is 22.9 Å². The van der Waals surface area contributed by atoms with Crippen molar-refractivity contribution in [1.29, 1.82) is 0 Å². The smallest absolute Gasteiger partial charge is 0.176 e. The van der Waals surface area contributed by atoms with Crippen molar-refractivity contribution in [1.82, 2.24) is 25.6 Å². The largest absolute Gasteiger partial charge is 0.271 e. The van der Waals surface area contributed by atoms with Gasteiger partial charge in [-0.25, -0.2) is 0 Å². The third-order valence-corrected chi connectivity index (χ3v) is 3.04. The zero-order valence-corrected chi connectivity index (χ0v) is 11.2. The molecule has 0 bridgehead atoms. The van der Waals surface area contributed by atoms with Crippen LogP contribution in [0.15, 0.2) is 18.2 Å². The predicted molar refractivity (Wildman–Crippen MR) is 69.0 cm³/mol. The molecule has 2 aromatic rings. The Bertz CT molecular complexity index is 541. The first-order chi connectivity index (χ1) is 8.60. The SMILES string of the molecule is Cn1nnc(CC(NN)c2ccc(Cl)cc2Cl)n1. The fourth-order valence-corrected chi connectivity index (χ4v) is 2.17. The zero-order chi connectivity index (χ0) is 13.1. The van der Waals surface area contributed by atoms with Gasteiger partial charge >= 0.3 is 0 Å². The average Bonchev–Trinajstić information content (AvgIpc) is 2.72. The van der Waals surface area contributed by atoms with Gasteiger partial charge in [0, 0.05) is 16.5 Å². The van der Waals surface area contributed by atoms with E-state index < -0.39 is 0 Å². The van der Waals surface area contributed by atoms with E-state index >= 15 is 0 Å². The number of aryl methyl sites for hydroxylation is 1. The second kappa shape index (κ2) is 5.62. The summed E-state index contributed by atoms with van der Waals surface area (Å²) in [5, 5.41) is 12.9. The van der Waals surface area contributed by atoms with Gasteiger partial charge in [-0.1, -0.05) is 29.3 Å². The van der Waals surface area contributed by atoms with Gasteiger partial charge in [0.2, 0.25) is 0 Å². The normalized spacial score (nSPS) is 12.7. The van der Waals surface area contributed by atoms with Crippen LogP contribution in [0.25, 0.3) is 0 Å². The molecule has 0 fully saturated rings. The summed E-state index contributed by atoms with van der Waals surface area (Å²) in [4.78, 5) is 1.40. The van der Waals surface area contributed by atoms with Crippen molar-refractivity contribution in [2.45, 2.75) is 12.5 Å². The number of nitrogens with one attached hydrogen (secondary N) is 1. The Labute approximate surface area is 114 Å². The molecular weight excluding hydrogens is 275 g/mol. The summed E-state index contributed by atoms with van der Waals surface area (Å²) in [6, 6.07) is 5.06. The second-order valence-corrected chi connectivity index (χ2v) is 4.63. The summed E-state index contributed by atoms with van der Waals surface area (Å²) < 4.78 is 0. The molecule has 1 atom stereocenters. The van der Waals surface area contributed by atoms with E-state index in [1.54, 1.807) is 19.2 Å². The Balaban J connectivity index is 2.22. The Kier molecular flexibility index (Phi) is 4.13. The third kappa shape index (κ3) is 2.97. The summed E-state index contributed by atoms with van der Waals surface area (Å²) in [7, 11) is 1.71. The van der Waals surface area contributed by atoms with Crippen molar-refractivity contribution in [3.63, 3.8) is 0 Å². The lowest BCUT2D eigenvalue weighted by atomic mass is 10.0. The average molecular weight is 287 g/mol. The molecule has 18 heavy (non-hydrogen) atoms. The first-order valence-corrected chi connectivity index (χ1v) is 5.99. The molecule has 0 saturated heterocycles. The zero-order valence-electron chi connectivity index (χ0n) is 9.64. The molecule has 0 aliphatic heterocycles. The van der Waals surface area contributed by atoms with Crippen LogP contribution in [0.1, 0.15) is 17.4 Å². The van der Waals surface area contributed by atoms with Crippen LogP contribution < -0.4 is 11.3 Å². The van der Waals surface area contributed by atoms with Gasteiger partial charge in [-0.15, -0.1) is 10.2 Å². The summed E-state index contributed by atoms with van der Waals surface area (Å²) in [5.74, 6) is 6.13. The molecule has 3 N–H and O–H groups in total.